The van der Waals surface area contributed by atoms with Crippen LogP contribution in [0.2, 0.25) is 0 Å². The van der Waals surface area contributed by atoms with Crippen molar-refractivity contribution in [1.29, 1.82) is 0 Å². The van der Waals surface area contributed by atoms with E-state index in [2.05, 4.69) is 20.5 Å². The molecule has 0 aromatic carbocycles. The zero-order valence-corrected chi connectivity index (χ0v) is 7.18. The van der Waals surface area contributed by atoms with Crippen molar-refractivity contribution in [2.45, 2.75) is 0 Å². The second-order valence-electron chi connectivity index (χ2n) is 2.50. The van der Waals surface area contributed by atoms with Gasteiger partial charge in [-0.25, -0.2) is 4.98 Å². The number of imidazole rings is 1. The molecule has 1 N–H and O–H groups in total. The molecule has 13 heavy (non-hydrogen) atoms. The molecule has 0 saturated carbocycles. The van der Waals surface area contributed by atoms with Gasteiger partial charge in [0.1, 0.15) is 12.1 Å². The Hall–Kier alpha value is -1.91. The van der Waals surface area contributed by atoms with Gasteiger partial charge in [0.25, 0.3) is 0 Å². The summed E-state index contributed by atoms with van der Waals surface area (Å²) in [6.45, 7) is 0. The van der Waals surface area contributed by atoms with E-state index in [0.29, 0.717) is 0 Å². The fourth-order valence-corrected chi connectivity index (χ4v) is 0.991. The van der Waals surface area contributed by atoms with Gasteiger partial charge < -0.3 is 5.32 Å². The van der Waals surface area contributed by atoms with E-state index in [1.807, 2.05) is 18.3 Å². The van der Waals surface area contributed by atoms with Gasteiger partial charge in [0.2, 0.25) is 0 Å². The third-order valence-corrected chi connectivity index (χ3v) is 1.68. The van der Waals surface area contributed by atoms with Gasteiger partial charge in [-0.15, -0.1) is 10.2 Å². The Morgan fingerprint density at radius 2 is 2.23 bits per heavy atom. The van der Waals surface area contributed by atoms with Crippen LogP contribution in [0.15, 0.2) is 30.9 Å². The van der Waals surface area contributed by atoms with Gasteiger partial charge in [0.15, 0.2) is 5.82 Å². The van der Waals surface area contributed by atoms with Gasteiger partial charge in [0.05, 0.1) is 0 Å². The predicted molar refractivity (Wildman–Crippen MR) is 48.7 cm³/mol. The molecule has 2 heterocycles. The van der Waals surface area contributed by atoms with E-state index in [1.54, 1.807) is 24.1 Å². The summed E-state index contributed by atoms with van der Waals surface area (Å²) in [4.78, 5) is 3.92. The van der Waals surface area contributed by atoms with Crippen LogP contribution in [-0.2, 0) is 0 Å². The van der Waals surface area contributed by atoms with Crippen LogP contribution in [-0.4, -0.2) is 26.8 Å². The standard InChI is InChI=1S/C8H9N5/c1-9-7-2-3-8(12-11-7)13-5-4-10-6-13/h2-6H,1H3,(H,9,11). The molecule has 2 aromatic rings. The molecule has 5 heteroatoms. The lowest BCUT2D eigenvalue weighted by atomic mass is 10.5. The van der Waals surface area contributed by atoms with Crippen LogP contribution in [0.1, 0.15) is 0 Å². The van der Waals surface area contributed by atoms with Crippen molar-refractivity contribution in [2.24, 2.45) is 0 Å². The van der Waals surface area contributed by atoms with Crippen molar-refractivity contribution in [2.75, 3.05) is 12.4 Å². The second kappa shape index (κ2) is 3.22. The highest BCUT2D eigenvalue weighted by molar-refractivity contribution is 5.35. The van der Waals surface area contributed by atoms with Crippen molar-refractivity contribution in [3.05, 3.63) is 30.9 Å². The SMILES string of the molecule is CNc1ccc(-n2ccnc2)nn1. The van der Waals surface area contributed by atoms with E-state index >= 15 is 0 Å². The van der Waals surface area contributed by atoms with E-state index in [0.717, 1.165) is 11.6 Å². The zero-order chi connectivity index (χ0) is 9.10. The first kappa shape index (κ1) is 7.72. The lowest BCUT2D eigenvalue weighted by Crippen LogP contribution is -1.99. The highest BCUT2D eigenvalue weighted by atomic mass is 15.2. The molecule has 5 nitrogen and oxygen atoms in total. The molecular weight excluding hydrogens is 166 g/mol. The number of aromatic nitrogens is 4. The molecule has 0 unspecified atom stereocenters. The number of nitrogens with zero attached hydrogens (tertiary/aromatic N) is 4. The topological polar surface area (TPSA) is 55.6 Å². The maximum atomic E-state index is 4.00. The number of rotatable bonds is 2. The molecule has 0 spiro atoms. The smallest absolute Gasteiger partial charge is 0.160 e. The predicted octanol–water partition coefficient (Wildman–Crippen LogP) is 0.704. The Morgan fingerprint density at radius 1 is 1.31 bits per heavy atom. The lowest BCUT2D eigenvalue weighted by Gasteiger charge is -2.00. The Balaban J connectivity index is 2.33. The number of nitrogens with one attached hydrogen (secondary N) is 1. The van der Waals surface area contributed by atoms with Crippen LogP contribution in [0.5, 0.6) is 0 Å². The molecule has 0 bridgehead atoms. The molecule has 0 atom stereocenters. The summed E-state index contributed by atoms with van der Waals surface area (Å²) >= 11 is 0. The van der Waals surface area contributed by atoms with E-state index in [4.69, 9.17) is 0 Å². The Kier molecular flexibility index (Phi) is 1.91. The van der Waals surface area contributed by atoms with Crippen LogP contribution in [0.4, 0.5) is 5.82 Å². The highest BCUT2D eigenvalue weighted by Crippen LogP contribution is 2.04. The minimum atomic E-state index is 0.754. The maximum Gasteiger partial charge on any atom is 0.160 e. The number of hydrogen-bond acceptors (Lipinski definition) is 4. The first-order valence-electron chi connectivity index (χ1n) is 3.90. The van der Waals surface area contributed by atoms with Gasteiger partial charge in [-0.3, -0.25) is 4.57 Å². The summed E-state index contributed by atoms with van der Waals surface area (Å²) < 4.78 is 1.80. The molecule has 2 rings (SSSR count). The van der Waals surface area contributed by atoms with Crippen LogP contribution in [0.25, 0.3) is 5.82 Å². The fourth-order valence-electron chi connectivity index (χ4n) is 0.991. The van der Waals surface area contributed by atoms with Crippen molar-refractivity contribution >= 4 is 5.82 Å². The summed E-state index contributed by atoms with van der Waals surface area (Å²) in [6.07, 6.45) is 5.21. The van der Waals surface area contributed by atoms with E-state index in [-0.39, 0.29) is 0 Å². The number of anilines is 1. The van der Waals surface area contributed by atoms with Gasteiger partial charge in [-0.05, 0) is 12.1 Å². The molecule has 0 aliphatic carbocycles. The highest BCUT2D eigenvalue weighted by Gasteiger charge is 1.96. The number of hydrogen-bond donors (Lipinski definition) is 1. The third kappa shape index (κ3) is 1.48. The summed E-state index contributed by atoms with van der Waals surface area (Å²) in [6, 6.07) is 3.74. The van der Waals surface area contributed by atoms with E-state index in [1.165, 1.54) is 0 Å². The molecule has 2 aromatic heterocycles. The summed E-state index contributed by atoms with van der Waals surface area (Å²) in [5, 5.41) is 10.8. The normalized spacial score (nSPS) is 9.92. The van der Waals surface area contributed by atoms with Crippen LogP contribution in [0.3, 0.4) is 0 Å². The Bertz CT molecular complexity index is 364. The fraction of sp³-hybridized carbons (Fsp3) is 0.125. The average molecular weight is 175 g/mol. The quantitative estimate of drug-likeness (QED) is 0.730. The van der Waals surface area contributed by atoms with Crippen LogP contribution in [0, 0.1) is 0 Å². The zero-order valence-electron chi connectivity index (χ0n) is 7.18. The molecule has 66 valence electrons. The van der Waals surface area contributed by atoms with Gasteiger partial charge in [0, 0.05) is 19.4 Å². The summed E-state index contributed by atoms with van der Waals surface area (Å²) in [5.74, 6) is 1.51. The van der Waals surface area contributed by atoms with Gasteiger partial charge >= 0.3 is 0 Å². The summed E-state index contributed by atoms with van der Waals surface area (Å²) in [5.41, 5.74) is 0. The van der Waals surface area contributed by atoms with E-state index in [9.17, 15) is 0 Å². The van der Waals surface area contributed by atoms with Crippen LogP contribution >= 0.6 is 0 Å². The molecule has 0 fully saturated rings. The minimum Gasteiger partial charge on any atom is -0.372 e. The largest absolute Gasteiger partial charge is 0.372 e. The van der Waals surface area contributed by atoms with Crippen molar-refractivity contribution in [1.82, 2.24) is 19.7 Å². The maximum absolute atomic E-state index is 4.00. The average Bonchev–Trinajstić information content (AvgIpc) is 2.71. The van der Waals surface area contributed by atoms with Crippen molar-refractivity contribution < 1.29 is 0 Å². The second-order valence-corrected chi connectivity index (χ2v) is 2.50. The molecule has 0 aliphatic rings. The lowest BCUT2D eigenvalue weighted by molar-refractivity contribution is 0.914. The van der Waals surface area contributed by atoms with Crippen LogP contribution < -0.4 is 5.32 Å². The van der Waals surface area contributed by atoms with Crippen molar-refractivity contribution in [3.63, 3.8) is 0 Å². The molecular formula is C8H9N5. The molecule has 0 aliphatic heterocycles. The van der Waals surface area contributed by atoms with E-state index < -0.39 is 0 Å². The summed E-state index contributed by atoms with van der Waals surface area (Å²) in [7, 11) is 1.81. The van der Waals surface area contributed by atoms with Crippen molar-refractivity contribution in [3.8, 4) is 5.82 Å². The van der Waals surface area contributed by atoms with Gasteiger partial charge in [-0.2, -0.15) is 0 Å². The third-order valence-electron chi connectivity index (χ3n) is 1.68. The first-order valence-corrected chi connectivity index (χ1v) is 3.90. The molecule has 0 saturated heterocycles. The monoisotopic (exact) mass is 175 g/mol. The Labute approximate surface area is 75.4 Å². The van der Waals surface area contributed by atoms with Gasteiger partial charge in [-0.1, -0.05) is 0 Å². The molecule has 0 amide bonds. The first-order chi connectivity index (χ1) is 6.40. The molecule has 0 radical (unpaired) electrons. The minimum absolute atomic E-state index is 0.754. The Morgan fingerprint density at radius 3 is 2.77 bits per heavy atom.